The van der Waals surface area contributed by atoms with Gasteiger partial charge in [0.2, 0.25) is 5.91 Å². The van der Waals surface area contributed by atoms with Crippen LogP contribution in [0.15, 0.2) is 42.7 Å². The van der Waals surface area contributed by atoms with Gasteiger partial charge in [-0.3, -0.25) is 29.1 Å². The van der Waals surface area contributed by atoms with E-state index in [1.54, 1.807) is 38.4 Å². The van der Waals surface area contributed by atoms with Gasteiger partial charge in [0.25, 0.3) is 17.7 Å². The Morgan fingerprint density at radius 2 is 1.90 bits per heavy atom. The molecule has 8 heteroatoms. The Labute approximate surface area is 167 Å². The second-order valence-corrected chi connectivity index (χ2v) is 7.59. The molecule has 0 radical (unpaired) electrons. The lowest BCUT2D eigenvalue weighted by molar-refractivity contribution is -0.133. The van der Waals surface area contributed by atoms with Crippen molar-refractivity contribution in [2.75, 3.05) is 13.1 Å². The Morgan fingerprint density at radius 1 is 1.14 bits per heavy atom. The molecule has 2 aliphatic heterocycles. The van der Waals surface area contributed by atoms with Crippen LogP contribution in [-0.4, -0.2) is 57.0 Å². The fourth-order valence-corrected chi connectivity index (χ4v) is 3.65. The first-order valence-corrected chi connectivity index (χ1v) is 9.30. The van der Waals surface area contributed by atoms with Gasteiger partial charge in [0, 0.05) is 31.0 Å². The second-order valence-electron chi connectivity index (χ2n) is 7.59. The molecule has 1 saturated heterocycles. The van der Waals surface area contributed by atoms with Crippen molar-refractivity contribution in [1.29, 1.82) is 0 Å². The zero-order chi connectivity index (χ0) is 20.8. The summed E-state index contributed by atoms with van der Waals surface area (Å²) >= 11 is 0. The first kappa shape index (κ1) is 18.8. The highest BCUT2D eigenvalue weighted by molar-refractivity contribution is 6.22. The molecule has 4 rings (SSSR count). The second kappa shape index (κ2) is 6.80. The third kappa shape index (κ3) is 3.06. The van der Waals surface area contributed by atoms with Crippen molar-refractivity contribution in [1.82, 2.24) is 20.1 Å². The number of carbonyl (C=O) groups is 4. The topological polar surface area (TPSA) is 99.7 Å². The molecule has 2 aliphatic rings. The van der Waals surface area contributed by atoms with Crippen LogP contribution in [0.5, 0.6) is 0 Å². The first-order valence-electron chi connectivity index (χ1n) is 9.30. The molecule has 1 aromatic heterocycles. The highest BCUT2D eigenvalue weighted by Gasteiger charge is 2.42. The number of carbonyl (C=O) groups excluding carboxylic acids is 4. The normalized spacial score (nSPS) is 17.9. The molecule has 0 saturated carbocycles. The molecule has 1 N–H and O–H groups in total. The van der Waals surface area contributed by atoms with E-state index in [0.29, 0.717) is 13.1 Å². The maximum Gasteiger partial charge on any atom is 0.261 e. The monoisotopic (exact) mass is 392 g/mol. The number of amides is 4. The van der Waals surface area contributed by atoms with Crippen LogP contribution in [0.1, 0.15) is 50.5 Å². The van der Waals surface area contributed by atoms with Crippen LogP contribution in [-0.2, 0) is 11.3 Å². The van der Waals surface area contributed by atoms with Gasteiger partial charge in [0.1, 0.15) is 5.54 Å². The Morgan fingerprint density at radius 3 is 2.62 bits per heavy atom. The van der Waals surface area contributed by atoms with Crippen LogP contribution < -0.4 is 5.32 Å². The summed E-state index contributed by atoms with van der Waals surface area (Å²) in [6.07, 6.45) is 3.22. The molecule has 0 atom stereocenters. The van der Waals surface area contributed by atoms with Gasteiger partial charge in [0.05, 0.1) is 17.7 Å². The van der Waals surface area contributed by atoms with Gasteiger partial charge < -0.3 is 10.2 Å². The van der Waals surface area contributed by atoms with Crippen molar-refractivity contribution in [3.63, 3.8) is 0 Å². The molecule has 3 heterocycles. The van der Waals surface area contributed by atoms with Gasteiger partial charge in [-0.25, -0.2) is 0 Å². The van der Waals surface area contributed by atoms with Crippen LogP contribution in [0.4, 0.5) is 0 Å². The Hall–Kier alpha value is -3.55. The number of fused-ring (bicyclic) bond motifs is 1. The predicted octanol–water partition coefficient (Wildman–Crippen LogP) is 1.23. The van der Waals surface area contributed by atoms with E-state index in [2.05, 4.69) is 10.3 Å². The summed E-state index contributed by atoms with van der Waals surface area (Å²) in [6.45, 7) is 4.21. The van der Waals surface area contributed by atoms with Crippen LogP contribution in [0.2, 0.25) is 0 Å². The molecule has 0 unspecified atom stereocenters. The third-order valence-corrected chi connectivity index (χ3v) is 5.38. The average molecular weight is 392 g/mol. The van der Waals surface area contributed by atoms with Crippen molar-refractivity contribution < 1.29 is 19.2 Å². The molecule has 148 valence electrons. The van der Waals surface area contributed by atoms with E-state index in [1.807, 2.05) is 0 Å². The van der Waals surface area contributed by atoms with Crippen molar-refractivity contribution >= 4 is 23.6 Å². The molecule has 0 spiro atoms. The lowest BCUT2D eigenvalue weighted by atomic mass is 9.96. The zero-order valence-electron chi connectivity index (χ0n) is 16.1. The molecule has 29 heavy (non-hydrogen) atoms. The number of nitrogens with one attached hydrogen (secondary N) is 1. The van der Waals surface area contributed by atoms with Gasteiger partial charge in [-0.05, 0) is 43.7 Å². The summed E-state index contributed by atoms with van der Waals surface area (Å²) in [5.41, 5.74) is 0.478. The molecule has 0 bridgehead atoms. The molecule has 1 aromatic carbocycles. The number of piperazine rings is 1. The van der Waals surface area contributed by atoms with Gasteiger partial charge in [-0.1, -0.05) is 6.07 Å². The van der Waals surface area contributed by atoms with Gasteiger partial charge in [0.15, 0.2) is 0 Å². The van der Waals surface area contributed by atoms with Gasteiger partial charge in [-0.2, -0.15) is 0 Å². The van der Waals surface area contributed by atoms with E-state index in [9.17, 15) is 19.2 Å². The molecular formula is C21H20N4O4. The van der Waals surface area contributed by atoms with Crippen LogP contribution in [0, 0.1) is 0 Å². The summed E-state index contributed by atoms with van der Waals surface area (Å²) in [5, 5.41) is 2.75. The number of hydrogen-bond acceptors (Lipinski definition) is 5. The van der Waals surface area contributed by atoms with Crippen molar-refractivity contribution in [2.45, 2.75) is 25.9 Å². The minimum atomic E-state index is -0.999. The molecule has 1 fully saturated rings. The lowest BCUT2D eigenvalue weighted by Gasteiger charge is -2.41. The van der Waals surface area contributed by atoms with Crippen molar-refractivity contribution in [2.24, 2.45) is 0 Å². The average Bonchev–Trinajstić information content (AvgIpc) is 2.95. The van der Waals surface area contributed by atoms with Crippen molar-refractivity contribution in [3.8, 4) is 0 Å². The summed E-state index contributed by atoms with van der Waals surface area (Å²) in [6, 6.07) is 8.01. The van der Waals surface area contributed by atoms with Crippen molar-refractivity contribution in [3.05, 3.63) is 65.0 Å². The number of benzene rings is 1. The number of imide groups is 1. The van der Waals surface area contributed by atoms with E-state index in [-0.39, 0.29) is 35.0 Å². The Bertz CT molecular complexity index is 1030. The predicted molar refractivity (Wildman–Crippen MR) is 103 cm³/mol. The molecular weight excluding hydrogens is 372 g/mol. The van der Waals surface area contributed by atoms with Crippen LogP contribution in [0.25, 0.3) is 0 Å². The number of nitrogens with zero attached hydrogens (tertiary/aromatic N) is 3. The maximum absolute atomic E-state index is 13.0. The zero-order valence-corrected chi connectivity index (χ0v) is 16.1. The highest BCUT2D eigenvalue weighted by Crippen LogP contribution is 2.27. The van der Waals surface area contributed by atoms with E-state index in [0.717, 1.165) is 10.5 Å². The summed E-state index contributed by atoms with van der Waals surface area (Å²) in [7, 11) is 0. The quantitative estimate of drug-likeness (QED) is 0.792. The summed E-state index contributed by atoms with van der Waals surface area (Å²) in [4.78, 5) is 57.3. The standard InChI is InChI=1S/C21H20N4O4/c1-21(2)20(29)23-8-9-25(21)17(26)14-5-6-15-16(10-14)19(28)24(18(15)27)12-13-4-3-7-22-11-13/h3-7,10-11H,8-9,12H2,1-2H3,(H,23,29). The largest absolute Gasteiger partial charge is 0.352 e. The summed E-state index contributed by atoms with van der Waals surface area (Å²) in [5.74, 6) is -1.42. The minimum Gasteiger partial charge on any atom is -0.352 e. The fourth-order valence-electron chi connectivity index (χ4n) is 3.65. The Kier molecular flexibility index (Phi) is 4.41. The SMILES string of the molecule is CC1(C)C(=O)NCCN1C(=O)c1ccc2c(c1)C(=O)N(Cc1cccnc1)C2=O. The smallest absolute Gasteiger partial charge is 0.261 e. The van der Waals surface area contributed by atoms with Gasteiger partial charge >= 0.3 is 0 Å². The first-order chi connectivity index (χ1) is 13.8. The fraction of sp³-hybridized carbons (Fsp3) is 0.286. The molecule has 4 amide bonds. The lowest BCUT2D eigenvalue weighted by Crippen LogP contribution is -2.63. The summed E-state index contributed by atoms with van der Waals surface area (Å²) < 4.78 is 0. The van der Waals surface area contributed by atoms with Crippen LogP contribution in [0.3, 0.4) is 0 Å². The third-order valence-electron chi connectivity index (χ3n) is 5.38. The number of rotatable bonds is 3. The van der Waals surface area contributed by atoms with Crippen LogP contribution >= 0.6 is 0 Å². The number of hydrogen-bond donors (Lipinski definition) is 1. The Balaban J connectivity index is 1.62. The molecule has 0 aliphatic carbocycles. The highest BCUT2D eigenvalue weighted by atomic mass is 16.2. The molecule has 8 nitrogen and oxygen atoms in total. The molecule has 2 aromatic rings. The number of aromatic nitrogens is 1. The van der Waals surface area contributed by atoms with E-state index in [1.165, 1.54) is 23.1 Å². The van der Waals surface area contributed by atoms with E-state index in [4.69, 9.17) is 0 Å². The van der Waals surface area contributed by atoms with Gasteiger partial charge in [-0.15, -0.1) is 0 Å². The maximum atomic E-state index is 13.0. The van der Waals surface area contributed by atoms with E-state index >= 15 is 0 Å². The van der Waals surface area contributed by atoms with E-state index < -0.39 is 17.4 Å². The minimum absolute atomic E-state index is 0.114. The number of pyridine rings is 1.